The van der Waals surface area contributed by atoms with Gasteiger partial charge in [0.05, 0.1) is 18.3 Å². The van der Waals surface area contributed by atoms with Crippen molar-refractivity contribution in [2.24, 2.45) is 0 Å². The number of amides is 1. The number of ether oxygens (including phenoxy) is 1. The van der Waals surface area contributed by atoms with Crippen LogP contribution in [0.1, 0.15) is 19.3 Å². The van der Waals surface area contributed by atoms with E-state index in [0.717, 1.165) is 18.6 Å². The standard InChI is InChI=1S/C16H16N2O2/c19-15(18-13-5-4-10-17-12-13)11-16(8-9-16)20-14-6-2-1-3-7-14/h1-7,10,12H,8-9,11H2,(H,18,19). The molecule has 1 amide bonds. The fraction of sp³-hybridized carbons (Fsp3) is 0.250. The third-order valence-corrected chi connectivity index (χ3v) is 3.31. The number of para-hydroxylation sites is 1. The maximum Gasteiger partial charge on any atom is 0.228 e. The van der Waals surface area contributed by atoms with Gasteiger partial charge in [0, 0.05) is 6.20 Å². The molecule has 0 unspecified atom stereocenters. The number of pyridine rings is 1. The number of carbonyl (C=O) groups excluding carboxylic acids is 1. The summed E-state index contributed by atoms with van der Waals surface area (Å²) in [5, 5.41) is 2.84. The average Bonchev–Trinajstić information content (AvgIpc) is 3.20. The van der Waals surface area contributed by atoms with Crippen LogP contribution in [0.2, 0.25) is 0 Å². The lowest BCUT2D eigenvalue weighted by Gasteiger charge is -2.17. The molecule has 0 radical (unpaired) electrons. The lowest BCUT2D eigenvalue weighted by atomic mass is 10.2. The minimum Gasteiger partial charge on any atom is -0.487 e. The Morgan fingerprint density at radius 3 is 2.65 bits per heavy atom. The molecule has 0 bridgehead atoms. The van der Waals surface area contributed by atoms with Gasteiger partial charge in [0.15, 0.2) is 0 Å². The van der Waals surface area contributed by atoms with E-state index in [1.165, 1.54) is 0 Å². The highest BCUT2D eigenvalue weighted by atomic mass is 16.5. The minimum absolute atomic E-state index is 0.0357. The Morgan fingerprint density at radius 1 is 1.20 bits per heavy atom. The van der Waals surface area contributed by atoms with E-state index in [4.69, 9.17) is 4.74 Å². The molecular weight excluding hydrogens is 252 g/mol. The van der Waals surface area contributed by atoms with Gasteiger partial charge in [-0.25, -0.2) is 0 Å². The number of benzene rings is 1. The highest BCUT2D eigenvalue weighted by Gasteiger charge is 2.47. The highest BCUT2D eigenvalue weighted by molar-refractivity contribution is 5.91. The van der Waals surface area contributed by atoms with Gasteiger partial charge in [-0.3, -0.25) is 9.78 Å². The summed E-state index contributed by atoms with van der Waals surface area (Å²) in [6.45, 7) is 0. The van der Waals surface area contributed by atoms with E-state index >= 15 is 0 Å². The number of nitrogens with zero attached hydrogens (tertiary/aromatic N) is 1. The van der Waals surface area contributed by atoms with Crippen molar-refractivity contribution in [1.29, 1.82) is 0 Å². The smallest absolute Gasteiger partial charge is 0.228 e. The van der Waals surface area contributed by atoms with Crippen LogP contribution in [0.25, 0.3) is 0 Å². The fourth-order valence-electron chi connectivity index (χ4n) is 2.13. The Labute approximate surface area is 117 Å². The molecule has 0 spiro atoms. The van der Waals surface area contributed by atoms with Crippen molar-refractivity contribution in [2.75, 3.05) is 5.32 Å². The molecular formula is C16H16N2O2. The second kappa shape index (κ2) is 5.33. The summed E-state index contributed by atoms with van der Waals surface area (Å²) >= 11 is 0. The predicted octanol–water partition coefficient (Wildman–Crippen LogP) is 3.02. The van der Waals surface area contributed by atoms with Crippen LogP contribution in [0.3, 0.4) is 0 Å². The van der Waals surface area contributed by atoms with Crippen molar-refractivity contribution in [3.63, 3.8) is 0 Å². The van der Waals surface area contributed by atoms with Crippen LogP contribution in [0.15, 0.2) is 54.9 Å². The number of rotatable bonds is 5. The number of carbonyl (C=O) groups is 1. The third kappa shape index (κ3) is 3.15. The molecule has 20 heavy (non-hydrogen) atoms. The van der Waals surface area contributed by atoms with Crippen LogP contribution in [0, 0.1) is 0 Å². The average molecular weight is 268 g/mol. The van der Waals surface area contributed by atoms with Crippen molar-refractivity contribution in [3.05, 3.63) is 54.9 Å². The molecule has 1 aromatic carbocycles. The second-order valence-corrected chi connectivity index (χ2v) is 5.06. The number of nitrogens with one attached hydrogen (secondary N) is 1. The van der Waals surface area contributed by atoms with Crippen molar-refractivity contribution in [1.82, 2.24) is 4.98 Å². The van der Waals surface area contributed by atoms with Gasteiger partial charge in [-0.2, -0.15) is 0 Å². The monoisotopic (exact) mass is 268 g/mol. The van der Waals surface area contributed by atoms with Gasteiger partial charge < -0.3 is 10.1 Å². The summed E-state index contributed by atoms with van der Waals surface area (Å²) in [7, 11) is 0. The molecule has 1 aromatic heterocycles. The number of aromatic nitrogens is 1. The van der Waals surface area contributed by atoms with Crippen molar-refractivity contribution >= 4 is 11.6 Å². The Bertz CT molecular complexity index is 580. The van der Waals surface area contributed by atoms with Crippen LogP contribution < -0.4 is 10.1 Å². The van der Waals surface area contributed by atoms with Crippen molar-refractivity contribution in [3.8, 4) is 5.75 Å². The Kier molecular flexibility index (Phi) is 3.37. The quantitative estimate of drug-likeness (QED) is 0.906. The lowest BCUT2D eigenvalue weighted by molar-refractivity contribution is -0.118. The maximum atomic E-state index is 12.0. The minimum atomic E-state index is -0.326. The Morgan fingerprint density at radius 2 is 2.00 bits per heavy atom. The molecule has 102 valence electrons. The summed E-state index contributed by atoms with van der Waals surface area (Å²) in [6, 6.07) is 13.3. The summed E-state index contributed by atoms with van der Waals surface area (Å²) < 4.78 is 5.94. The molecule has 0 aliphatic heterocycles. The maximum absolute atomic E-state index is 12.0. The number of hydrogen-bond donors (Lipinski definition) is 1. The first-order valence-electron chi connectivity index (χ1n) is 6.70. The molecule has 4 nitrogen and oxygen atoms in total. The van der Waals surface area contributed by atoms with E-state index in [2.05, 4.69) is 10.3 Å². The van der Waals surface area contributed by atoms with E-state index in [-0.39, 0.29) is 11.5 Å². The number of hydrogen-bond acceptors (Lipinski definition) is 3. The van der Waals surface area contributed by atoms with Gasteiger partial charge in [0.25, 0.3) is 0 Å². The molecule has 2 aromatic rings. The zero-order chi connectivity index (χ0) is 13.8. The molecule has 1 aliphatic carbocycles. The topological polar surface area (TPSA) is 51.2 Å². The van der Waals surface area contributed by atoms with Crippen LogP contribution in [-0.4, -0.2) is 16.5 Å². The molecule has 1 N–H and O–H groups in total. The zero-order valence-corrected chi connectivity index (χ0v) is 11.1. The predicted molar refractivity (Wildman–Crippen MR) is 76.5 cm³/mol. The Hall–Kier alpha value is -2.36. The van der Waals surface area contributed by atoms with Gasteiger partial charge in [-0.15, -0.1) is 0 Å². The van der Waals surface area contributed by atoms with Crippen molar-refractivity contribution < 1.29 is 9.53 Å². The van der Waals surface area contributed by atoms with Crippen LogP contribution >= 0.6 is 0 Å². The lowest BCUT2D eigenvalue weighted by Crippen LogP contribution is -2.26. The van der Waals surface area contributed by atoms with E-state index in [0.29, 0.717) is 12.1 Å². The molecule has 1 aliphatic rings. The van der Waals surface area contributed by atoms with Gasteiger partial charge in [0.1, 0.15) is 11.4 Å². The van der Waals surface area contributed by atoms with Crippen molar-refractivity contribution in [2.45, 2.75) is 24.9 Å². The summed E-state index contributed by atoms with van der Waals surface area (Å²) in [5.41, 5.74) is 0.390. The molecule has 1 fully saturated rings. The third-order valence-electron chi connectivity index (χ3n) is 3.31. The first-order chi connectivity index (χ1) is 9.76. The van der Waals surface area contributed by atoms with Gasteiger partial charge in [-0.05, 0) is 37.1 Å². The fourth-order valence-corrected chi connectivity index (χ4v) is 2.13. The Balaban J connectivity index is 1.58. The first kappa shape index (κ1) is 12.7. The number of anilines is 1. The molecule has 1 saturated carbocycles. The SMILES string of the molecule is O=C(CC1(Oc2ccccc2)CC1)Nc1cccnc1. The van der Waals surface area contributed by atoms with Crippen LogP contribution in [0.5, 0.6) is 5.75 Å². The van der Waals surface area contributed by atoms with E-state index in [1.54, 1.807) is 18.5 Å². The molecule has 4 heteroatoms. The summed E-state index contributed by atoms with van der Waals surface area (Å²) in [4.78, 5) is 16.0. The molecule has 0 saturated heterocycles. The highest BCUT2D eigenvalue weighted by Crippen LogP contribution is 2.43. The molecule has 0 atom stereocenters. The van der Waals surface area contributed by atoms with E-state index < -0.39 is 0 Å². The second-order valence-electron chi connectivity index (χ2n) is 5.06. The normalized spacial score (nSPS) is 15.4. The van der Waals surface area contributed by atoms with Crippen LogP contribution in [0.4, 0.5) is 5.69 Å². The van der Waals surface area contributed by atoms with E-state index in [1.807, 2.05) is 36.4 Å². The zero-order valence-electron chi connectivity index (χ0n) is 11.1. The van der Waals surface area contributed by atoms with Crippen LogP contribution in [-0.2, 0) is 4.79 Å². The molecule has 1 heterocycles. The van der Waals surface area contributed by atoms with E-state index in [9.17, 15) is 4.79 Å². The first-order valence-corrected chi connectivity index (χ1v) is 6.70. The largest absolute Gasteiger partial charge is 0.487 e. The van der Waals surface area contributed by atoms with Gasteiger partial charge in [0.2, 0.25) is 5.91 Å². The van der Waals surface area contributed by atoms with Gasteiger partial charge >= 0.3 is 0 Å². The summed E-state index contributed by atoms with van der Waals surface area (Å²) in [5.74, 6) is 0.783. The molecule has 3 rings (SSSR count). The van der Waals surface area contributed by atoms with Gasteiger partial charge in [-0.1, -0.05) is 18.2 Å². The summed E-state index contributed by atoms with van der Waals surface area (Å²) in [6.07, 6.45) is 5.52.